The normalized spacial score (nSPS) is 11.1. The molecular weight excluding hydrogens is 412 g/mol. The third-order valence-electron chi connectivity index (χ3n) is 4.84. The second-order valence-electron chi connectivity index (χ2n) is 7.00. The molecule has 0 heterocycles. The molecule has 0 radical (unpaired) electrons. The summed E-state index contributed by atoms with van der Waals surface area (Å²) in [5.41, 5.74) is 2.57. The zero-order valence-corrected chi connectivity index (χ0v) is 17.2. The van der Waals surface area contributed by atoms with E-state index in [2.05, 4.69) is 0 Å². The number of benzene rings is 4. The Bertz CT molecular complexity index is 1280. The Morgan fingerprint density at radius 2 is 1.74 bits per heavy atom. The Morgan fingerprint density at radius 3 is 2.48 bits per heavy atom. The van der Waals surface area contributed by atoms with Crippen molar-refractivity contribution in [2.24, 2.45) is 0 Å². The minimum absolute atomic E-state index is 0.0210. The Morgan fingerprint density at radius 1 is 0.968 bits per heavy atom. The van der Waals surface area contributed by atoms with Crippen LogP contribution < -0.4 is 4.74 Å². The highest BCUT2D eigenvalue weighted by atomic mass is 35.5. The number of aliphatic carboxylic acids is 1. The first-order valence-electron chi connectivity index (χ1n) is 9.68. The number of aromatic hydroxyl groups is 1. The van der Waals surface area contributed by atoms with E-state index in [0.717, 1.165) is 27.5 Å². The van der Waals surface area contributed by atoms with Crippen LogP contribution in [0.2, 0.25) is 5.02 Å². The molecule has 154 valence electrons. The highest BCUT2D eigenvalue weighted by molar-refractivity contribution is 6.32. The van der Waals surface area contributed by atoms with E-state index in [1.54, 1.807) is 30.4 Å². The number of fused-ring (bicyclic) bond motifs is 1. The summed E-state index contributed by atoms with van der Waals surface area (Å²) < 4.78 is 6.32. The zero-order valence-electron chi connectivity index (χ0n) is 16.5. The number of hydrogen-bond acceptors (Lipinski definition) is 3. The fourth-order valence-corrected chi connectivity index (χ4v) is 3.50. The molecule has 0 spiro atoms. The molecule has 0 bridgehead atoms. The monoisotopic (exact) mass is 430 g/mol. The lowest BCUT2D eigenvalue weighted by atomic mass is 9.99. The molecular formula is C26H19ClO4. The SMILES string of the molecule is O=C(O)CC=Cc1ccc(Oc2c(-c3ccc(O)c(Cl)c3)ccc3ccccc23)cc1. The molecule has 0 saturated heterocycles. The Kier molecular flexibility index (Phi) is 5.92. The molecule has 31 heavy (non-hydrogen) atoms. The van der Waals surface area contributed by atoms with Gasteiger partial charge in [0.1, 0.15) is 17.2 Å². The Balaban J connectivity index is 1.73. The van der Waals surface area contributed by atoms with Gasteiger partial charge in [0.05, 0.1) is 11.4 Å². The van der Waals surface area contributed by atoms with Crippen LogP contribution >= 0.6 is 11.6 Å². The van der Waals surface area contributed by atoms with Crippen LogP contribution in [0, 0.1) is 0 Å². The van der Waals surface area contributed by atoms with Gasteiger partial charge in [-0.15, -0.1) is 0 Å². The van der Waals surface area contributed by atoms with Gasteiger partial charge < -0.3 is 14.9 Å². The van der Waals surface area contributed by atoms with Crippen molar-refractivity contribution in [1.82, 2.24) is 0 Å². The van der Waals surface area contributed by atoms with Gasteiger partial charge in [-0.3, -0.25) is 4.79 Å². The van der Waals surface area contributed by atoms with Crippen LogP contribution in [0.15, 0.2) is 84.9 Å². The van der Waals surface area contributed by atoms with Gasteiger partial charge in [-0.2, -0.15) is 0 Å². The number of rotatable bonds is 6. The minimum atomic E-state index is -0.867. The van der Waals surface area contributed by atoms with E-state index in [1.165, 1.54) is 0 Å². The Hall–Kier alpha value is -3.76. The highest BCUT2D eigenvalue weighted by Crippen LogP contribution is 2.41. The van der Waals surface area contributed by atoms with Gasteiger partial charge in [-0.1, -0.05) is 72.3 Å². The van der Waals surface area contributed by atoms with Crippen LogP contribution in [-0.4, -0.2) is 16.2 Å². The first-order valence-corrected chi connectivity index (χ1v) is 10.1. The Labute approximate surface area is 184 Å². The molecule has 4 nitrogen and oxygen atoms in total. The molecule has 0 aliphatic heterocycles. The average Bonchev–Trinajstić information content (AvgIpc) is 2.77. The van der Waals surface area contributed by atoms with Crippen LogP contribution in [-0.2, 0) is 4.79 Å². The van der Waals surface area contributed by atoms with Crippen LogP contribution in [0.3, 0.4) is 0 Å². The maximum absolute atomic E-state index is 10.6. The van der Waals surface area contributed by atoms with Crippen LogP contribution in [0.4, 0.5) is 0 Å². The van der Waals surface area contributed by atoms with E-state index in [1.807, 2.05) is 60.7 Å². The van der Waals surface area contributed by atoms with Crippen molar-refractivity contribution in [2.75, 3.05) is 0 Å². The van der Waals surface area contributed by atoms with Crippen molar-refractivity contribution in [2.45, 2.75) is 6.42 Å². The van der Waals surface area contributed by atoms with Gasteiger partial charge in [-0.05, 0) is 46.8 Å². The highest BCUT2D eigenvalue weighted by Gasteiger charge is 2.13. The van der Waals surface area contributed by atoms with Crippen LogP contribution in [0.25, 0.3) is 28.0 Å². The van der Waals surface area contributed by atoms with E-state index in [0.29, 0.717) is 11.5 Å². The maximum Gasteiger partial charge on any atom is 0.307 e. The number of hydrogen-bond donors (Lipinski definition) is 2. The first kappa shape index (κ1) is 20.5. The van der Waals surface area contributed by atoms with Gasteiger partial charge in [0.2, 0.25) is 0 Å². The molecule has 5 heteroatoms. The van der Waals surface area contributed by atoms with E-state index in [4.69, 9.17) is 21.4 Å². The predicted octanol–water partition coefficient (Wildman–Crippen LogP) is 7.15. The predicted molar refractivity (Wildman–Crippen MR) is 124 cm³/mol. The fraction of sp³-hybridized carbons (Fsp3) is 0.0385. The summed E-state index contributed by atoms with van der Waals surface area (Å²) in [7, 11) is 0. The second-order valence-corrected chi connectivity index (χ2v) is 7.41. The third-order valence-corrected chi connectivity index (χ3v) is 5.14. The minimum Gasteiger partial charge on any atom is -0.506 e. The maximum atomic E-state index is 10.6. The van der Waals surface area contributed by atoms with Gasteiger partial charge in [0, 0.05) is 10.9 Å². The summed E-state index contributed by atoms with van der Waals surface area (Å²) in [6.45, 7) is 0. The number of phenolic OH excluding ortho intramolecular Hbond substituents is 1. The smallest absolute Gasteiger partial charge is 0.307 e. The topological polar surface area (TPSA) is 66.8 Å². The molecule has 0 amide bonds. The second kappa shape index (κ2) is 8.94. The van der Waals surface area contributed by atoms with Gasteiger partial charge >= 0.3 is 5.97 Å². The molecule has 0 atom stereocenters. The molecule has 0 aliphatic rings. The summed E-state index contributed by atoms with van der Waals surface area (Å²) in [4.78, 5) is 10.6. The number of ether oxygens (including phenoxy) is 1. The molecule has 0 fully saturated rings. The number of carboxylic acids is 1. The van der Waals surface area contributed by atoms with Gasteiger partial charge in [-0.25, -0.2) is 0 Å². The number of carbonyl (C=O) groups is 1. The third kappa shape index (κ3) is 4.71. The fourth-order valence-electron chi connectivity index (χ4n) is 3.32. The summed E-state index contributed by atoms with van der Waals surface area (Å²) in [6, 6.07) is 24.5. The van der Waals surface area contributed by atoms with Crippen molar-refractivity contribution >= 4 is 34.4 Å². The molecule has 0 saturated carbocycles. The molecule has 4 rings (SSSR count). The lowest BCUT2D eigenvalue weighted by molar-refractivity contribution is -0.135. The zero-order chi connectivity index (χ0) is 21.8. The van der Waals surface area contributed by atoms with Crippen molar-refractivity contribution in [3.8, 4) is 28.4 Å². The molecule has 0 unspecified atom stereocenters. The van der Waals surface area contributed by atoms with E-state index >= 15 is 0 Å². The van der Waals surface area contributed by atoms with Crippen molar-refractivity contribution in [3.05, 3.63) is 95.5 Å². The molecule has 2 N–H and O–H groups in total. The van der Waals surface area contributed by atoms with Crippen molar-refractivity contribution in [1.29, 1.82) is 0 Å². The largest absolute Gasteiger partial charge is 0.506 e. The quantitative estimate of drug-likeness (QED) is 0.341. The van der Waals surface area contributed by atoms with E-state index in [-0.39, 0.29) is 17.2 Å². The lowest BCUT2D eigenvalue weighted by Crippen LogP contribution is -1.91. The van der Waals surface area contributed by atoms with E-state index in [9.17, 15) is 9.90 Å². The molecule has 0 aliphatic carbocycles. The summed E-state index contributed by atoms with van der Waals surface area (Å²) in [6.07, 6.45) is 3.35. The summed E-state index contributed by atoms with van der Waals surface area (Å²) in [5, 5.41) is 20.8. The van der Waals surface area contributed by atoms with E-state index < -0.39 is 5.97 Å². The van der Waals surface area contributed by atoms with Crippen molar-refractivity contribution < 1.29 is 19.7 Å². The number of phenols is 1. The number of carboxylic acid groups (broad SMARTS) is 1. The van der Waals surface area contributed by atoms with Crippen molar-refractivity contribution in [3.63, 3.8) is 0 Å². The molecule has 0 aromatic heterocycles. The number of halogens is 1. The standard InChI is InChI=1S/C26H19ClO4/c27-23-16-19(11-15-24(23)28)22-14-10-18-5-1-2-6-21(18)26(22)31-20-12-8-17(9-13-20)4-3-7-25(29)30/h1-6,8-16,28H,7H2,(H,29,30). The lowest BCUT2D eigenvalue weighted by Gasteiger charge is -2.15. The first-order chi connectivity index (χ1) is 15.0. The molecule has 4 aromatic rings. The molecule has 4 aromatic carbocycles. The van der Waals surface area contributed by atoms with Crippen LogP contribution in [0.5, 0.6) is 17.2 Å². The van der Waals surface area contributed by atoms with Gasteiger partial charge in [0.15, 0.2) is 0 Å². The summed E-state index contributed by atoms with van der Waals surface area (Å²) >= 11 is 6.14. The van der Waals surface area contributed by atoms with Gasteiger partial charge in [0.25, 0.3) is 0 Å². The summed E-state index contributed by atoms with van der Waals surface area (Å²) in [5.74, 6) is 0.501. The van der Waals surface area contributed by atoms with Crippen LogP contribution in [0.1, 0.15) is 12.0 Å². The average molecular weight is 431 g/mol.